The van der Waals surface area contributed by atoms with Gasteiger partial charge in [-0.2, -0.15) is 0 Å². The number of halogens is 1. The fourth-order valence-corrected chi connectivity index (χ4v) is 4.83. The summed E-state index contributed by atoms with van der Waals surface area (Å²) in [5, 5.41) is 5.26. The van der Waals surface area contributed by atoms with E-state index in [1.54, 1.807) is 32.9 Å². The molecule has 1 atom stereocenters. The van der Waals surface area contributed by atoms with Gasteiger partial charge in [-0.1, -0.05) is 0 Å². The Morgan fingerprint density at radius 2 is 1.85 bits per heavy atom. The van der Waals surface area contributed by atoms with Crippen LogP contribution in [-0.4, -0.2) is 45.2 Å². The SMILES string of the molecule is CC(=O)NCC[C@H]1CN(S(=O)(=O)c2ccc(F)cc2)c2cc(NC(=O)OC(C)(C)C)ccc2O1. The van der Waals surface area contributed by atoms with Crippen LogP contribution < -0.4 is 19.7 Å². The van der Waals surface area contributed by atoms with Crippen molar-refractivity contribution >= 4 is 33.4 Å². The first kappa shape index (κ1) is 25.3. The van der Waals surface area contributed by atoms with E-state index in [9.17, 15) is 22.4 Å². The van der Waals surface area contributed by atoms with E-state index in [0.29, 0.717) is 24.4 Å². The number of ether oxygens (including phenoxy) is 2. The lowest BCUT2D eigenvalue weighted by Gasteiger charge is -2.36. The largest absolute Gasteiger partial charge is 0.486 e. The summed E-state index contributed by atoms with van der Waals surface area (Å²) in [4.78, 5) is 23.3. The molecule has 1 aliphatic heterocycles. The minimum absolute atomic E-state index is 0.0395. The van der Waals surface area contributed by atoms with Crippen molar-refractivity contribution in [3.63, 3.8) is 0 Å². The highest BCUT2D eigenvalue weighted by Crippen LogP contribution is 2.39. The molecular weight excluding hydrogens is 465 g/mol. The molecule has 34 heavy (non-hydrogen) atoms. The second kappa shape index (κ2) is 9.88. The minimum Gasteiger partial charge on any atom is -0.486 e. The third kappa shape index (κ3) is 6.37. The Kier molecular flexibility index (Phi) is 7.35. The monoisotopic (exact) mass is 493 g/mol. The molecular formula is C23H28FN3O6S. The molecule has 0 radical (unpaired) electrons. The molecule has 1 aliphatic rings. The number of nitrogens with zero attached hydrogens (tertiary/aromatic N) is 1. The molecule has 0 saturated carbocycles. The molecule has 9 nitrogen and oxygen atoms in total. The molecule has 2 amide bonds. The first-order valence-electron chi connectivity index (χ1n) is 10.7. The number of carbonyl (C=O) groups is 2. The van der Waals surface area contributed by atoms with E-state index in [4.69, 9.17) is 9.47 Å². The van der Waals surface area contributed by atoms with E-state index < -0.39 is 33.6 Å². The van der Waals surface area contributed by atoms with Crippen molar-refractivity contribution in [1.82, 2.24) is 5.32 Å². The summed E-state index contributed by atoms with van der Waals surface area (Å²) in [5.41, 5.74) is -0.179. The molecule has 2 N–H and O–H groups in total. The molecule has 0 saturated heterocycles. The average Bonchev–Trinajstić information content (AvgIpc) is 2.72. The molecule has 2 aromatic rings. The van der Waals surface area contributed by atoms with Gasteiger partial charge in [-0.15, -0.1) is 0 Å². The Bertz CT molecular complexity index is 1160. The Hall–Kier alpha value is -3.34. The lowest BCUT2D eigenvalue weighted by atomic mass is 10.1. The number of hydrogen-bond acceptors (Lipinski definition) is 6. The van der Waals surface area contributed by atoms with Gasteiger partial charge in [0, 0.05) is 25.6 Å². The van der Waals surface area contributed by atoms with Gasteiger partial charge in [0.05, 0.1) is 17.1 Å². The zero-order valence-corrected chi connectivity index (χ0v) is 20.2. The molecule has 1 heterocycles. The first-order valence-corrected chi connectivity index (χ1v) is 12.1. The van der Waals surface area contributed by atoms with E-state index in [2.05, 4.69) is 10.6 Å². The summed E-state index contributed by atoms with van der Waals surface area (Å²) in [6, 6.07) is 9.13. The van der Waals surface area contributed by atoms with E-state index in [0.717, 1.165) is 16.4 Å². The van der Waals surface area contributed by atoms with Crippen molar-refractivity contribution in [3.05, 3.63) is 48.3 Å². The molecule has 0 aliphatic carbocycles. The van der Waals surface area contributed by atoms with Crippen molar-refractivity contribution in [2.75, 3.05) is 22.7 Å². The van der Waals surface area contributed by atoms with Crippen molar-refractivity contribution in [1.29, 1.82) is 0 Å². The summed E-state index contributed by atoms with van der Waals surface area (Å²) in [6.07, 6.45) is -0.864. The Morgan fingerprint density at radius 1 is 1.18 bits per heavy atom. The predicted molar refractivity (Wildman–Crippen MR) is 125 cm³/mol. The number of sulfonamides is 1. The summed E-state index contributed by atoms with van der Waals surface area (Å²) < 4.78 is 52.7. The molecule has 0 fully saturated rings. The third-order valence-electron chi connectivity index (χ3n) is 4.78. The summed E-state index contributed by atoms with van der Waals surface area (Å²) in [7, 11) is -4.09. The van der Waals surface area contributed by atoms with Crippen LogP contribution in [0.3, 0.4) is 0 Å². The Balaban J connectivity index is 1.94. The van der Waals surface area contributed by atoms with Gasteiger partial charge in [-0.05, 0) is 63.2 Å². The van der Waals surface area contributed by atoms with Crippen LogP contribution in [0.5, 0.6) is 5.75 Å². The maximum absolute atomic E-state index is 13.5. The van der Waals surface area contributed by atoms with Gasteiger partial charge in [-0.25, -0.2) is 17.6 Å². The van der Waals surface area contributed by atoms with Gasteiger partial charge < -0.3 is 14.8 Å². The van der Waals surface area contributed by atoms with Crippen LogP contribution in [0.25, 0.3) is 0 Å². The van der Waals surface area contributed by atoms with Crippen molar-refractivity contribution in [2.45, 2.75) is 50.7 Å². The van der Waals surface area contributed by atoms with E-state index >= 15 is 0 Å². The van der Waals surface area contributed by atoms with Crippen LogP contribution in [0.2, 0.25) is 0 Å². The number of rotatable bonds is 6. The molecule has 11 heteroatoms. The van der Waals surface area contributed by atoms with Gasteiger partial charge in [0.2, 0.25) is 5.91 Å². The number of nitrogens with one attached hydrogen (secondary N) is 2. The third-order valence-corrected chi connectivity index (χ3v) is 6.57. The molecule has 0 aromatic heterocycles. The fourth-order valence-electron chi connectivity index (χ4n) is 3.33. The maximum atomic E-state index is 13.5. The van der Waals surface area contributed by atoms with Crippen molar-refractivity contribution in [3.8, 4) is 5.75 Å². The van der Waals surface area contributed by atoms with Crippen LogP contribution in [0, 0.1) is 5.82 Å². The lowest BCUT2D eigenvalue weighted by molar-refractivity contribution is -0.119. The van der Waals surface area contributed by atoms with Crippen molar-refractivity contribution in [2.24, 2.45) is 0 Å². The molecule has 2 aromatic carbocycles. The van der Waals surface area contributed by atoms with Crippen LogP contribution in [-0.2, 0) is 19.6 Å². The van der Waals surface area contributed by atoms with Crippen LogP contribution in [0.1, 0.15) is 34.1 Å². The molecule has 0 unspecified atom stereocenters. The highest BCUT2D eigenvalue weighted by molar-refractivity contribution is 7.92. The molecule has 3 rings (SSSR count). The zero-order valence-electron chi connectivity index (χ0n) is 19.4. The first-order chi connectivity index (χ1) is 15.8. The normalized spacial score (nSPS) is 15.7. The topological polar surface area (TPSA) is 114 Å². The standard InChI is InChI=1S/C23H28FN3O6S/c1-15(28)25-12-11-18-14-27(34(30,31)19-8-5-16(24)6-9-19)20-13-17(7-10-21(20)32-18)26-22(29)33-23(2,3)4/h5-10,13,18H,11-12,14H2,1-4H3,(H,25,28)(H,26,29)/t18-/m0/s1. The lowest BCUT2D eigenvalue weighted by Crippen LogP contribution is -2.44. The maximum Gasteiger partial charge on any atom is 0.412 e. The Morgan fingerprint density at radius 3 is 2.47 bits per heavy atom. The van der Waals surface area contributed by atoms with E-state index in [-0.39, 0.29) is 23.0 Å². The second-order valence-electron chi connectivity index (χ2n) is 8.81. The quantitative estimate of drug-likeness (QED) is 0.635. The van der Waals surface area contributed by atoms with Gasteiger partial charge >= 0.3 is 6.09 Å². The minimum atomic E-state index is -4.09. The predicted octanol–water partition coefficient (Wildman–Crippen LogP) is 3.66. The van der Waals surface area contributed by atoms with Gasteiger partial charge in [0.25, 0.3) is 10.0 Å². The number of hydrogen-bond donors (Lipinski definition) is 2. The smallest absolute Gasteiger partial charge is 0.412 e. The fraction of sp³-hybridized carbons (Fsp3) is 0.391. The number of fused-ring (bicyclic) bond motifs is 1. The highest BCUT2D eigenvalue weighted by atomic mass is 32.2. The zero-order chi connectivity index (χ0) is 25.1. The highest BCUT2D eigenvalue weighted by Gasteiger charge is 2.35. The Labute approximate surface area is 198 Å². The van der Waals surface area contributed by atoms with Crippen LogP contribution in [0.15, 0.2) is 47.4 Å². The van der Waals surface area contributed by atoms with Crippen LogP contribution in [0.4, 0.5) is 20.6 Å². The van der Waals surface area contributed by atoms with Crippen LogP contribution >= 0.6 is 0 Å². The van der Waals surface area contributed by atoms with Gasteiger partial charge in [0.1, 0.15) is 23.3 Å². The summed E-state index contributed by atoms with van der Waals surface area (Å²) in [6.45, 7) is 6.84. The summed E-state index contributed by atoms with van der Waals surface area (Å²) in [5.74, 6) is -0.470. The number of benzene rings is 2. The molecule has 0 spiro atoms. The average molecular weight is 494 g/mol. The number of carbonyl (C=O) groups excluding carboxylic acids is 2. The number of anilines is 2. The van der Waals surface area contributed by atoms with Crippen molar-refractivity contribution < 1.29 is 31.9 Å². The summed E-state index contributed by atoms with van der Waals surface area (Å²) >= 11 is 0. The molecule has 184 valence electrons. The number of amides is 2. The van der Waals surface area contributed by atoms with Gasteiger partial charge in [-0.3, -0.25) is 14.4 Å². The molecule has 0 bridgehead atoms. The van der Waals surface area contributed by atoms with Gasteiger partial charge in [0.15, 0.2) is 0 Å². The van der Waals surface area contributed by atoms with E-state index in [1.165, 1.54) is 25.1 Å². The van der Waals surface area contributed by atoms with E-state index in [1.807, 2.05) is 0 Å². The second-order valence-corrected chi connectivity index (χ2v) is 10.7.